The average Bonchev–Trinajstić information content (AvgIpc) is 2.44. The normalized spacial score (nSPS) is 10.8. The van der Waals surface area contributed by atoms with Gasteiger partial charge in [0, 0.05) is 4.47 Å². The molecule has 2 aromatic rings. The second-order valence-electron chi connectivity index (χ2n) is 4.16. The highest BCUT2D eigenvalue weighted by atomic mass is 127. The standard InChI is InChI=1S/C15H14BrIN2O2/c1-2-21-14-7-10(6-13(17)15(14)20)9-18-19-12-5-3-4-11(16)8-12/h3-9,19-20H,2H2,1H3/b18-9+. The van der Waals surface area contributed by atoms with Gasteiger partial charge in [-0.05, 0) is 65.4 Å². The van der Waals surface area contributed by atoms with Gasteiger partial charge in [0.2, 0.25) is 0 Å². The van der Waals surface area contributed by atoms with E-state index in [1.54, 1.807) is 12.3 Å². The summed E-state index contributed by atoms with van der Waals surface area (Å²) in [5, 5.41) is 14.1. The van der Waals surface area contributed by atoms with Gasteiger partial charge in [-0.15, -0.1) is 0 Å². The predicted octanol–water partition coefficient (Wildman–Crippen LogP) is 4.60. The first kappa shape index (κ1) is 16.1. The summed E-state index contributed by atoms with van der Waals surface area (Å²) in [5.74, 6) is 0.628. The largest absolute Gasteiger partial charge is 0.504 e. The van der Waals surface area contributed by atoms with Gasteiger partial charge in [0.15, 0.2) is 11.5 Å². The lowest BCUT2D eigenvalue weighted by molar-refractivity contribution is 0.317. The topological polar surface area (TPSA) is 53.8 Å². The van der Waals surface area contributed by atoms with Gasteiger partial charge in [0.05, 0.1) is 22.1 Å². The zero-order valence-corrected chi connectivity index (χ0v) is 15.1. The molecule has 0 radical (unpaired) electrons. The van der Waals surface area contributed by atoms with Crippen LogP contribution in [0.1, 0.15) is 12.5 Å². The monoisotopic (exact) mass is 460 g/mol. The minimum absolute atomic E-state index is 0.162. The molecule has 4 nitrogen and oxygen atoms in total. The third-order valence-electron chi connectivity index (χ3n) is 2.58. The maximum absolute atomic E-state index is 9.89. The number of hydrogen-bond acceptors (Lipinski definition) is 4. The van der Waals surface area contributed by atoms with Crippen molar-refractivity contribution in [3.8, 4) is 11.5 Å². The molecule has 0 bridgehead atoms. The highest BCUT2D eigenvalue weighted by Gasteiger charge is 2.08. The van der Waals surface area contributed by atoms with Crippen LogP contribution in [0.25, 0.3) is 0 Å². The molecule has 0 aliphatic rings. The van der Waals surface area contributed by atoms with Crippen LogP contribution in [0.2, 0.25) is 0 Å². The second-order valence-corrected chi connectivity index (χ2v) is 6.24. The number of anilines is 1. The van der Waals surface area contributed by atoms with Crippen molar-refractivity contribution < 1.29 is 9.84 Å². The Bertz CT molecular complexity index is 662. The Morgan fingerprint density at radius 1 is 1.38 bits per heavy atom. The fourth-order valence-corrected chi connectivity index (χ4v) is 2.70. The summed E-state index contributed by atoms with van der Waals surface area (Å²) < 4.78 is 7.11. The summed E-state index contributed by atoms with van der Waals surface area (Å²) >= 11 is 5.47. The SMILES string of the molecule is CCOc1cc(/C=N/Nc2cccc(Br)c2)cc(I)c1O. The van der Waals surface area contributed by atoms with Crippen LogP contribution in [0.3, 0.4) is 0 Å². The molecule has 0 saturated carbocycles. The number of rotatable bonds is 5. The number of phenols is 1. The van der Waals surface area contributed by atoms with E-state index < -0.39 is 0 Å². The van der Waals surface area contributed by atoms with Crippen LogP contribution in [0.15, 0.2) is 46.0 Å². The molecule has 0 heterocycles. The van der Waals surface area contributed by atoms with Gasteiger partial charge in [-0.3, -0.25) is 5.43 Å². The molecule has 21 heavy (non-hydrogen) atoms. The van der Waals surface area contributed by atoms with Crippen molar-refractivity contribution in [1.82, 2.24) is 0 Å². The van der Waals surface area contributed by atoms with Gasteiger partial charge in [0.25, 0.3) is 0 Å². The predicted molar refractivity (Wildman–Crippen MR) is 97.4 cm³/mol. The fourth-order valence-electron chi connectivity index (χ4n) is 1.67. The summed E-state index contributed by atoms with van der Waals surface area (Å²) in [6, 6.07) is 11.3. The van der Waals surface area contributed by atoms with Crippen LogP contribution in [0.5, 0.6) is 11.5 Å². The zero-order chi connectivity index (χ0) is 15.2. The number of hydrogen-bond donors (Lipinski definition) is 2. The molecule has 0 aliphatic heterocycles. The number of ether oxygens (including phenoxy) is 1. The van der Waals surface area contributed by atoms with Crippen molar-refractivity contribution in [2.45, 2.75) is 6.92 Å². The van der Waals surface area contributed by atoms with Gasteiger partial charge in [0.1, 0.15) is 0 Å². The van der Waals surface area contributed by atoms with E-state index in [-0.39, 0.29) is 5.75 Å². The van der Waals surface area contributed by atoms with Gasteiger partial charge in [-0.25, -0.2) is 0 Å². The van der Waals surface area contributed by atoms with Crippen LogP contribution in [0.4, 0.5) is 5.69 Å². The lowest BCUT2D eigenvalue weighted by Crippen LogP contribution is -1.96. The van der Waals surface area contributed by atoms with Crippen molar-refractivity contribution in [3.63, 3.8) is 0 Å². The van der Waals surface area contributed by atoms with E-state index in [4.69, 9.17) is 4.74 Å². The summed E-state index contributed by atoms with van der Waals surface area (Å²) in [7, 11) is 0. The Kier molecular flexibility index (Phi) is 5.86. The van der Waals surface area contributed by atoms with Gasteiger partial charge < -0.3 is 9.84 Å². The number of nitrogens with one attached hydrogen (secondary N) is 1. The van der Waals surface area contributed by atoms with E-state index in [1.807, 2.05) is 37.3 Å². The van der Waals surface area contributed by atoms with Crippen molar-refractivity contribution in [2.24, 2.45) is 5.10 Å². The summed E-state index contributed by atoms with van der Waals surface area (Å²) in [5.41, 5.74) is 4.69. The number of hydrazone groups is 1. The van der Waals surface area contributed by atoms with Gasteiger partial charge in [-0.1, -0.05) is 22.0 Å². The summed E-state index contributed by atoms with van der Waals surface area (Å²) in [4.78, 5) is 0. The minimum atomic E-state index is 0.162. The van der Waals surface area contributed by atoms with Crippen LogP contribution in [-0.4, -0.2) is 17.9 Å². The molecule has 0 atom stereocenters. The van der Waals surface area contributed by atoms with Crippen LogP contribution in [0, 0.1) is 3.57 Å². The van der Waals surface area contributed by atoms with Crippen molar-refractivity contribution in [3.05, 3.63) is 50.0 Å². The number of halogens is 2. The van der Waals surface area contributed by atoms with E-state index in [9.17, 15) is 5.11 Å². The van der Waals surface area contributed by atoms with Crippen LogP contribution in [-0.2, 0) is 0 Å². The Balaban J connectivity index is 2.13. The highest BCUT2D eigenvalue weighted by Crippen LogP contribution is 2.32. The first-order chi connectivity index (χ1) is 10.1. The molecule has 2 aromatic carbocycles. The molecular weight excluding hydrogens is 447 g/mol. The molecule has 0 aromatic heterocycles. The second kappa shape index (κ2) is 7.65. The van der Waals surface area contributed by atoms with E-state index in [2.05, 4.69) is 49.0 Å². The van der Waals surface area contributed by atoms with E-state index in [0.29, 0.717) is 12.4 Å². The van der Waals surface area contributed by atoms with E-state index in [1.165, 1.54) is 0 Å². The third-order valence-corrected chi connectivity index (χ3v) is 3.90. The summed E-state index contributed by atoms with van der Waals surface area (Å²) in [6.07, 6.45) is 1.69. The smallest absolute Gasteiger partial charge is 0.171 e. The lowest BCUT2D eigenvalue weighted by Gasteiger charge is -2.08. The van der Waals surface area contributed by atoms with Crippen molar-refractivity contribution >= 4 is 50.4 Å². The number of nitrogens with zero attached hydrogens (tertiary/aromatic N) is 1. The maximum atomic E-state index is 9.89. The third kappa shape index (κ3) is 4.60. The Hall–Kier alpha value is -1.28. The quantitative estimate of drug-likeness (QED) is 0.389. The van der Waals surface area contributed by atoms with E-state index >= 15 is 0 Å². The molecule has 0 spiro atoms. The Morgan fingerprint density at radius 2 is 2.19 bits per heavy atom. The maximum Gasteiger partial charge on any atom is 0.171 e. The first-order valence-corrected chi connectivity index (χ1v) is 8.17. The molecule has 0 aliphatic carbocycles. The summed E-state index contributed by atoms with van der Waals surface area (Å²) in [6.45, 7) is 2.38. The van der Waals surface area contributed by atoms with Crippen LogP contribution < -0.4 is 10.2 Å². The Morgan fingerprint density at radius 3 is 2.90 bits per heavy atom. The molecule has 0 unspecified atom stereocenters. The van der Waals surface area contributed by atoms with Gasteiger partial charge >= 0.3 is 0 Å². The average molecular weight is 461 g/mol. The number of phenolic OH excluding ortho intramolecular Hbond substituents is 1. The number of aromatic hydroxyl groups is 1. The zero-order valence-electron chi connectivity index (χ0n) is 11.3. The minimum Gasteiger partial charge on any atom is -0.504 e. The molecule has 110 valence electrons. The first-order valence-electron chi connectivity index (χ1n) is 6.30. The van der Waals surface area contributed by atoms with Gasteiger partial charge in [-0.2, -0.15) is 5.10 Å². The van der Waals surface area contributed by atoms with E-state index in [0.717, 1.165) is 19.3 Å². The fraction of sp³-hybridized carbons (Fsp3) is 0.133. The molecule has 2 rings (SSSR count). The molecule has 0 fully saturated rings. The molecule has 0 amide bonds. The molecule has 6 heteroatoms. The lowest BCUT2D eigenvalue weighted by atomic mass is 10.2. The highest BCUT2D eigenvalue weighted by molar-refractivity contribution is 14.1. The van der Waals surface area contributed by atoms with Crippen LogP contribution >= 0.6 is 38.5 Å². The molecular formula is C15H14BrIN2O2. The van der Waals surface area contributed by atoms with Crippen molar-refractivity contribution in [1.29, 1.82) is 0 Å². The molecule has 2 N–H and O–H groups in total. The number of benzene rings is 2. The van der Waals surface area contributed by atoms with Crippen molar-refractivity contribution in [2.75, 3.05) is 12.0 Å². The molecule has 0 saturated heterocycles. The Labute approximate surface area is 145 Å².